The van der Waals surface area contributed by atoms with Crippen LogP contribution in [0.2, 0.25) is 0 Å². The smallest absolute Gasteiger partial charge is 0.299 e. The summed E-state index contributed by atoms with van der Waals surface area (Å²) < 4.78 is 48.8. The minimum atomic E-state index is -3.47. The summed E-state index contributed by atoms with van der Waals surface area (Å²) in [5, 5.41) is 9.77. The number of amides is 2. The van der Waals surface area contributed by atoms with Crippen molar-refractivity contribution in [2.24, 2.45) is 10.8 Å². The zero-order chi connectivity index (χ0) is 47.5. The fourth-order valence-corrected chi connectivity index (χ4v) is 9.23. The van der Waals surface area contributed by atoms with E-state index < -0.39 is 24.9 Å². The predicted molar refractivity (Wildman–Crippen MR) is 264 cm³/mol. The van der Waals surface area contributed by atoms with Crippen LogP contribution in [0.5, 0.6) is 0 Å². The molecule has 3 N–H and O–H groups in total. The first-order valence-electron chi connectivity index (χ1n) is 22.7. The van der Waals surface area contributed by atoms with Crippen LogP contribution in [0.15, 0.2) is 109 Å². The number of halogens is 1. The molecule has 6 rings (SSSR count). The second-order valence-electron chi connectivity index (χ2n) is 17.4. The van der Waals surface area contributed by atoms with E-state index in [9.17, 15) is 26.4 Å². The summed E-state index contributed by atoms with van der Waals surface area (Å²) in [5.74, 6) is 0.237. The molecule has 2 heterocycles. The van der Waals surface area contributed by atoms with Crippen LogP contribution in [0.25, 0.3) is 0 Å². The molecule has 0 radical (unpaired) electrons. The molecular formula is C50H71ClN6O6S2. The molecule has 0 spiro atoms. The zero-order valence-corrected chi connectivity index (χ0v) is 41.6. The van der Waals surface area contributed by atoms with Gasteiger partial charge in [0.2, 0.25) is 11.8 Å². The average molecular weight is 952 g/mol. The Kier molecular flexibility index (Phi) is 21.1. The molecule has 2 aliphatic rings. The van der Waals surface area contributed by atoms with Gasteiger partial charge < -0.3 is 16.0 Å². The molecule has 0 atom stereocenters. The molecule has 4 aromatic carbocycles. The van der Waals surface area contributed by atoms with E-state index in [2.05, 4.69) is 103 Å². The van der Waals surface area contributed by atoms with Crippen molar-refractivity contribution in [1.82, 2.24) is 28.9 Å². The molecule has 0 aromatic heterocycles. The van der Waals surface area contributed by atoms with Gasteiger partial charge in [0.1, 0.15) is 0 Å². The summed E-state index contributed by atoms with van der Waals surface area (Å²) >= 11 is 0. The molecular weight excluding hydrogens is 880 g/mol. The third kappa shape index (κ3) is 16.6. The van der Waals surface area contributed by atoms with Crippen LogP contribution in [-0.4, -0.2) is 109 Å². The van der Waals surface area contributed by atoms with E-state index in [1.54, 1.807) is 14.1 Å². The van der Waals surface area contributed by atoms with Crippen molar-refractivity contribution < 1.29 is 26.4 Å². The zero-order valence-electron chi connectivity index (χ0n) is 39.2. The Morgan fingerprint density at radius 2 is 0.923 bits per heavy atom. The Balaban J connectivity index is 0.000000252. The lowest BCUT2D eigenvalue weighted by atomic mass is 9.73. The molecule has 65 heavy (non-hydrogen) atoms. The second-order valence-corrected chi connectivity index (χ2v) is 22.3. The molecule has 2 aliphatic heterocycles. The van der Waals surface area contributed by atoms with Gasteiger partial charge in [-0.2, -0.15) is 29.8 Å². The van der Waals surface area contributed by atoms with Crippen molar-refractivity contribution in [3.8, 4) is 0 Å². The van der Waals surface area contributed by atoms with Gasteiger partial charge in [0.25, 0.3) is 19.4 Å². The summed E-state index contributed by atoms with van der Waals surface area (Å²) in [7, 11) is 3.67. The van der Waals surface area contributed by atoms with E-state index in [1.165, 1.54) is 50.5 Å². The standard InChI is InChI=1S/C25H35N3O3S.C23H30N2O.C2H6ClNO2S/c1-4-21-10-12-22(13-11-21)14-17-26-24(29)25(20-23-8-6-5-7-9-23)15-18-28(19-16-25)32(30,31)27(2)3;1-2-19-8-10-20(11-9-19)12-15-25-22(26)23(13-16-24-17-14-23)18-21-6-4-3-5-7-21;1-4(2)7(3,5)6/h5-13H,4,14-20H2,1-3H3,(H,26,29);3-11,24H,2,12-18H2,1H3,(H,25,26);1-2H3. The van der Waals surface area contributed by atoms with Gasteiger partial charge in [0.15, 0.2) is 0 Å². The van der Waals surface area contributed by atoms with Crippen molar-refractivity contribution in [3.05, 3.63) is 143 Å². The number of piperidine rings is 2. The fourth-order valence-electron chi connectivity index (χ4n) is 8.12. The second kappa shape index (κ2) is 25.7. The topological polar surface area (TPSA) is 148 Å². The van der Waals surface area contributed by atoms with Crippen LogP contribution in [0.1, 0.15) is 72.9 Å². The average Bonchev–Trinajstić information content (AvgIpc) is 3.30. The summed E-state index contributed by atoms with van der Waals surface area (Å²) in [6.07, 6.45) is 7.99. The molecule has 12 nitrogen and oxygen atoms in total. The maximum absolute atomic E-state index is 13.4. The summed E-state index contributed by atoms with van der Waals surface area (Å²) in [4.78, 5) is 26.5. The van der Waals surface area contributed by atoms with Crippen molar-refractivity contribution in [2.75, 3.05) is 67.5 Å². The lowest BCUT2D eigenvalue weighted by Crippen LogP contribution is -2.53. The van der Waals surface area contributed by atoms with E-state index in [-0.39, 0.29) is 17.2 Å². The fraction of sp³-hybridized carbons (Fsp3) is 0.480. The van der Waals surface area contributed by atoms with Gasteiger partial charge in [-0.25, -0.2) is 0 Å². The van der Waals surface area contributed by atoms with Crippen LogP contribution in [-0.2, 0) is 67.6 Å². The van der Waals surface area contributed by atoms with Crippen molar-refractivity contribution in [2.45, 2.75) is 78.1 Å². The van der Waals surface area contributed by atoms with E-state index >= 15 is 0 Å². The van der Waals surface area contributed by atoms with Gasteiger partial charge >= 0.3 is 0 Å². The first-order chi connectivity index (χ1) is 30.9. The quantitative estimate of drug-likeness (QED) is 0.101. The van der Waals surface area contributed by atoms with Gasteiger partial charge in [-0.3, -0.25) is 9.59 Å². The number of nitrogens with one attached hydrogen (secondary N) is 3. The number of aryl methyl sites for hydroxylation is 2. The van der Waals surface area contributed by atoms with E-state index in [0.717, 1.165) is 67.9 Å². The van der Waals surface area contributed by atoms with Crippen LogP contribution >= 0.6 is 10.7 Å². The van der Waals surface area contributed by atoms with Crippen LogP contribution in [0.3, 0.4) is 0 Å². The predicted octanol–water partition coefficient (Wildman–Crippen LogP) is 6.59. The highest BCUT2D eigenvalue weighted by atomic mass is 35.7. The van der Waals surface area contributed by atoms with Crippen LogP contribution < -0.4 is 16.0 Å². The van der Waals surface area contributed by atoms with Gasteiger partial charge in [0.05, 0.1) is 10.8 Å². The van der Waals surface area contributed by atoms with Gasteiger partial charge in [-0.1, -0.05) is 123 Å². The highest BCUT2D eigenvalue weighted by molar-refractivity contribution is 8.11. The van der Waals surface area contributed by atoms with E-state index in [4.69, 9.17) is 10.7 Å². The van der Waals surface area contributed by atoms with Crippen molar-refractivity contribution >= 4 is 41.9 Å². The summed E-state index contributed by atoms with van der Waals surface area (Å²) in [6.45, 7) is 8.10. The molecule has 0 bridgehead atoms. The molecule has 4 aromatic rings. The van der Waals surface area contributed by atoms with Gasteiger partial charge in [-0.15, -0.1) is 0 Å². The van der Waals surface area contributed by atoms with Gasteiger partial charge in [0, 0.05) is 65.1 Å². The first kappa shape index (κ1) is 53.5. The SMILES string of the molecule is CCc1ccc(CCNC(=O)C2(Cc3ccccc3)CCN(S(=O)(=O)N(C)C)CC2)cc1.CCc1ccc(CCNC(=O)C2(Cc3ccccc3)CCNCC2)cc1.CN(C)S(=O)(=O)Cl. The van der Waals surface area contributed by atoms with Crippen molar-refractivity contribution in [1.29, 1.82) is 0 Å². The Morgan fingerprint density at radius 1 is 0.569 bits per heavy atom. The van der Waals surface area contributed by atoms with E-state index in [1.807, 2.05) is 36.4 Å². The minimum Gasteiger partial charge on any atom is -0.355 e. The Hall–Kier alpha value is -4.15. The lowest BCUT2D eigenvalue weighted by molar-refractivity contribution is -0.133. The Labute approximate surface area is 394 Å². The number of rotatable bonds is 17. The Morgan fingerprint density at radius 3 is 1.26 bits per heavy atom. The number of hydrogen-bond acceptors (Lipinski definition) is 7. The van der Waals surface area contributed by atoms with E-state index in [0.29, 0.717) is 45.4 Å². The largest absolute Gasteiger partial charge is 0.355 e. The molecule has 15 heteroatoms. The normalized spacial score (nSPS) is 16.1. The summed E-state index contributed by atoms with van der Waals surface area (Å²) in [6, 6.07) is 37.6. The maximum atomic E-state index is 13.4. The maximum Gasteiger partial charge on any atom is 0.299 e. The summed E-state index contributed by atoms with van der Waals surface area (Å²) in [5.41, 5.74) is 6.61. The molecule has 2 fully saturated rings. The first-order valence-corrected chi connectivity index (χ1v) is 26.4. The van der Waals surface area contributed by atoms with Crippen LogP contribution in [0.4, 0.5) is 0 Å². The number of carbonyl (C=O) groups excluding carboxylic acids is 2. The number of benzene rings is 4. The molecule has 2 saturated heterocycles. The molecule has 0 unspecified atom stereocenters. The number of carbonyl (C=O) groups is 2. The third-order valence-corrected chi connectivity index (χ3v) is 16.1. The minimum absolute atomic E-state index is 0.0217. The lowest BCUT2D eigenvalue weighted by Gasteiger charge is -2.40. The molecule has 0 saturated carbocycles. The van der Waals surface area contributed by atoms with Gasteiger partial charge in [-0.05, 0) is 111 Å². The highest BCUT2D eigenvalue weighted by Gasteiger charge is 2.44. The number of hydrogen-bond donors (Lipinski definition) is 3. The number of nitrogens with zero attached hydrogens (tertiary/aromatic N) is 3. The monoisotopic (exact) mass is 950 g/mol. The third-order valence-electron chi connectivity index (χ3n) is 12.5. The highest BCUT2D eigenvalue weighted by Crippen LogP contribution is 2.37. The van der Waals surface area contributed by atoms with Crippen LogP contribution in [0, 0.1) is 10.8 Å². The van der Waals surface area contributed by atoms with Crippen molar-refractivity contribution in [3.63, 3.8) is 0 Å². The molecule has 0 aliphatic carbocycles. The molecule has 2 amide bonds. The molecule has 356 valence electrons. The Bertz CT molecular complexity index is 2270.